The summed E-state index contributed by atoms with van der Waals surface area (Å²) in [6.45, 7) is 0. The van der Waals surface area contributed by atoms with Gasteiger partial charge in [0, 0.05) is 23.3 Å². The van der Waals surface area contributed by atoms with Crippen molar-refractivity contribution in [3.8, 4) is 0 Å². The van der Waals surface area contributed by atoms with Gasteiger partial charge in [0.25, 0.3) is 0 Å². The third kappa shape index (κ3) is 1.97. The molecule has 2 heterocycles. The van der Waals surface area contributed by atoms with Crippen molar-refractivity contribution in [2.75, 3.05) is 0 Å². The molecular weight excluding hydrogens is 208 g/mol. The zero-order valence-electron chi connectivity index (χ0n) is 9.30. The lowest BCUT2D eigenvalue weighted by molar-refractivity contribution is 1.33. The van der Waals surface area contributed by atoms with Gasteiger partial charge in [-0.3, -0.25) is 0 Å². The molecule has 0 spiro atoms. The predicted molar refractivity (Wildman–Crippen MR) is 71.5 cm³/mol. The molecule has 2 heteroatoms. The van der Waals surface area contributed by atoms with Crippen LogP contribution in [-0.2, 0) is 0 Å². The third-order valence-corrected chi connectivity index (χ3v) is 2.74. The van der Waals surface area contributed by atoms with Crippen LogP contribution in [0, 0.1) is 0 Å². The smallest absolute Gasteiger partial charge is 0.137 e. The maximum atomic E-state index is 4.27. The van der Waals surface area contributed by atoms with Crippen LogP contribution in [0.5, 0.6) is 0 Å². The zero-order valence-corrected chi connectivity index (χ0v) is 9.30. The second kappa shape index (κ2) is 4.26. The number of benzene rings is 1. The highest BCUT2D eigenvalue weighted by molar-refractivity contribution is 5.89. The van der Waals surface area contributed by atoms with Crippen molar-refractivity contribution in [3.63, 3.8) is 0 Å². The fourth-order valence-electron chi connectivity index (χ4n) is 1.87. The number of nitrogens with one attached hydrogen (secondary N) is 1. The van der Waals surface area contributed by atoms with Gasteiger partial charge in [-0.25, -0.2) is 4.98 Å². The molecule has 0 bridgehead atoms. The molecule has 0 fully saturated rings. The van der Waals surface area contributed by atoms with Gasteiger partial charge in [0.15, 0.2) is 0 Å². The van der Waals surface area contributed by atoms with E-state index in [0.29, 0.717) is 0 Å². The number of rotatable bonds is 2. The first-order valence-corrected chi connectivity index (χ1v) is 5.59. The molecule has 0 saturated carbocycles. The van der Waals surface area contributed by atoms with Gasteiger partial charge in [-0.05, 0) is 17.7 Å². The van der Waals surface area contributed by atoms with Crippen LogP contribution in [0.3, 0.4) is 0 Å². The average Bonchev–Trinajstić information content (AvgIpc) is 2.81. The van der Waals surface area contributed by atoms with Crippen molar-refractivity contribution in [2.24, 2.45) is 0 Å². The molecular formula is C15H12N2. The molecule has 0 aliphatic carbocycles. The maximum Gasteiger partial charge on any atom is 0.137 e. The number of hydrogen-bond acceptors (Lipinski definition) is 1. The second-order valence-corrected chi connectivity index (χ2v) is 3.89. The monoisotopic (exact) mass is 220 g/mol. The highest BCUT2D eigenvalue weighted by Gasteiger charge is 1.99. The van der Waals surface area contributed by atoms with Gasteiger partial charge in [0.2, 0.25) is 0 Å². The van der Waals surface area contributed by atoms with Gasteiger partial charge in [-0.2, -0.15) is 0 Å². The van der Waals surface area contributed by atoms with Crippen molar-refractivity contribution >= 4 is 23.2 Å². The fraction of sp³-hybridized carbons (Fsp3) is 0. The molecule has 17 heavy (non-hydrogen) atoms. The molecule has 0 radical (unpaired) electrons. The van der Waals surface area contributed by atoms with Crippen molar-refractivity contribution in [1.29, 1.82) is 0 Å². The van der Waals surface area contributed by atoms with Crippen molar-refractivity contribution < 1.29 is 0 Å². The molecule has 3 aromatic rings. The molecule has 2 aromatic heterocycles. The van der Waals surface area contributed by atoms with E-state index in [1.54, 1.807) is 6.20 Å². The predicted octanol–water partition coefficient (Wildman–Crippen LogP) is 3.73. The van der Waals surface area contributed by atoms with Crippen molar-refractivity contribution in [2.45, 2.75) is 0 Å². The van der Waals surface area contributed by atoms with Crippen LogP contribution in [0.4, 0.5) is 0 Å². The summed E-state index contributed by atoms with van der Waals surface area (Å²) >= 11 is 0. The first-order valence-electron chi connectivity index (χ1n) is 5.59. The number of aromatic nitrogens is 2. The molecule has 1 N–H and O–H groups in total. The summed E-state index contributed by atoms with van der Waals surface area (Å²) in [7, 11) is 0. The molecule has 3 rings (SSSR count). The Labute approximate surface area is 99.6 Å². The topological polar surface area (TPSA) is 28.7 Å². The Morgan fingerprint density at radius 3 is 2.71 bits per heavy atom. The van der Waals surface area contributed by atoms with E-state index in [1.807, 2.05) is 30.5 Å². The third-order valence-electron chi connectivity index (χ3n) is 2.74. The van der Waals surface area contributed by atoms with E-state index >= 15 is 0 Å². The molecule has 0 atom stereocenters. The largest absolute Gasteiger partial charge is 0.346 e. The first kappa shape index (κ1) is 9.85. The van der Waals surface area contributed by atoms with Gasteiger partial charge >= 0.3 is 0 Å². The molecule has 0 aliphatic heterocycles. The molecule has 82 valence electrons. The van der Waals surface area contributed by atoms with Gasteiger partial charge in [0.1, 0.15) is 5.65 Å². The van der Waals surface area contributed by atoms with E-state index in [1.165, 1.54) is 5.56 Å². The molecule has 0 saturated heterocycles. The molecule has 1 aromatic carbocycles. The number of hydrogen-bond donors (Lipinski definition) is 1. The quantitative estimate of drug-likeness (QED) is 0.700. The van der Waals surface area contributed by atoms with Gasteiger partial charge in [0.05, 0.1) is 0 Å². The molecule has 2 nitrogen and oxygen atoms in total. The first-order chi connectivity index (χ1) is 8.43. The summed E-state index contributed by atoms with van der Waals surface area (Å²) in [4.78, 5) is 7.43. The summed E-state index contributed by atoms with van der Waals surface area (Å²) in [5, 5.41) is 1.15. The van der Waals surface area contributed by atoms with Crippen LogP contribution in [0.25, 0.3) is 23.2 Å². The number of fused-ring (bicyclic) bond motifs is 1. The minimum atomic E-state index is 0.931. The van der Waals surface area contributed by atoms with Crippen LogP contribution < -0.4 is 0 Å². The summed E-state index contributed by atoms with van der Waals surface area (Å²) in [5.41, 5.74) is 3.29. The fourth-order valence-corrected chi connectivity index (χ4v) is 1.87. The lowest BCUT2D eigenvalue weighted by Gasteiger charge is -1.92. The van der Waals surface area contributed by atoms with E-state index in [0.717, 1.165) is 16.6 Å². The summed E-state index contributed by atoms with van der Waals surface area (Å²) in [6.07, 6.45) is 7.99. The zero-order chi connectivity index (χ0) is 11.5. The molecule has 0 aliphatic rings. The Kier molecular flexibility index (Phi) is 2.47. The number of pyridine rings is 1. The average molecular weight is 220 g/mol. The lowest BCUT2D eigenvalue weighted by Crippen LogP contribution is -1.73. The van der Waals surface area contributed by atoms with E-state index in [4.69, 9.17) is 0 Å². The Morgan fingerprint density at radius 1 is 0.941 bits per heavy atom. The van der Waals surface area contributed by atoms with E-state index < -0.39 is 0 Å². The van der Waals surface area contributed by atoms with Crippen molar-refractivity contribution in [3.05, 3.63) is 66.0 Å². The van der Waals surface area contributed by atoms with E-state index in [9.17, 15) is 0 Å². The number of H-pyrrole nitrogens is 1. The van der Waals surface area contributed by atoms with Crippen LogP contribution >= 0.6 is 0 Å². The normalized spacial score (nSPS) is 11.3. The standard InChI is InChI=1S/C15H12N2/c1-2-5-12(6-3-1)8-9-13-11-17-15-14(13)7-4-10-16-15/h1-11H,(H,16,17)/b9-8+. The lowest BCUT2D eigenvalue weighted by atomic mass is 10.1. The van der Waals surface area contributed by atoms with Gasteiger partial charge < -0.3 is 4.98 Å². The Hall–Kier alpha value is -2.35. The van der Waals surface area contributed by atoms with Crippen LogP contribution in [0.15, 0.2) is 54.9 Å². The Balaban J connectivity index is 1.98. The highest BCUT2D eigenvalue weighted by Crippen LogP contribution is 2.18. The summed E-state index contributed by atoms with van der Waals surface area (Å²) in [5.74, 6) is 0. The van der Waals surface area contributed by atoms with Crippen LogP contribution in [0.2, 0.25) is 0 Å². The molecule has 0 amide bonds. The SMILES string of the molecule is C(=C\c1c[nH]c2ncccc12)/c1ccccc1. The minimum absolute atomic E-state index is 0.931. The summed E-state index contributed by atoms with van der Waals surface area (Å²) in [6, 6.07) is 14.3. The van der Waals surface area contributed by atoms with Gasteiger partial charge in [-0.1, -0.05) is 42.5 Å². The highest BCUT2D eigenvalue weighted by atomic mass is 14.8. The Bertz CT molecular complexity index is 651. The maximum absolute atomic E-state index is 4.27. The Morgan fingerprint density at radius 2 is 1.82 bits per heavy atom. The van der Waals surface area contributed by atoms with E-state index in [-0.39, 0.29) is 0 Å². The van der Waals surface area contributed by atoms with Crippen molar-refractivity contribution in [1.82, 2.24) is 9.97 Å². The summed E-state index contributed by atoms with van der Waals surface area (Å²) < 4.78 is 0. The van der Waals surface area contributed by atoms with Crippen LogP contribution in [0.1, 0.15) is 11.1 Å². The van der Waals surface area contributed by atoms with E-state index in [2.05, 4.69) is 40.3 Å². The van der Waals surface area contributed by atoms with Crippen LogP contribution in [-0.4, -0.2) is 9.97 Å². The van der Waals surface area contributed by atoms with Gasteiger partial charge in [-0.15, -0.1) is 0 Å². The number of aromatic amines is 1. The number of nitrogens with zero attached hydrogens (tertiary/aromatic N) is 1. The second-order valence-electron chi connectivity index (χ2n) is 3.89. The molecule has 0 unspecified atom stereocenters. The minimum Gasteiger partial charge on any atom is -0.346 e.